The molecule has 1 amide bonds. The van der Waals surface area contributed by atoms with Crippen LogP contribution in [0.2, 0.25) is 0 Å². The van der Waals surface area contributed by atoms with Crippen molar-refractivity contribution in [2.24, 2.45) is 5.92 Å². The highest BCUT2D eigenvalue weighted by atomic mass is 32.1. The van der Waals surface area contributed by atoms with Crippen molar-refractivity contribution in [3.63, 3.8) is 0 Å². The van der Waals surface area contributed by atoms with Crippen molar-refractivity contribution in [2.75, 3.05) is 32.1 Å². The Bertz CT molecular complexity index is 1070. The van der Waals surface area contributed by atoms with Crippen molar-refractivity contribution < 1.29 is 19.1 Å². The first-order valence-corrected chi connectivity index (χ1v) is 11.9. The number of carbonyl (C=O) groups excluding carboxylic acids is 2. The normalized spacial score (nSPS) is 15.7. The molecule has 7 heteroatoms. The van der Waals surface area contributed by atoms with Crippen molar-refractivity contribution in [1.29, 1.82) is 0 Å². The second kappa shape index (κ2) is 11.0. The van der Waals surface area contributed by atoms with E-state index in [2.05, 4.69) is 5.32 Å². The monoisotopic (exact) mass is 464 g/mol. The van der Waals surface area contributed by atoms with Crippen LogP contribution in [-0.2, 0) is 16.1 Å². The molecule has 33 heavy (non-hydrogen) atoms. The van der Waals surface area contributed by atoms with Crippen LogP contribution >= 0.6 is 11.3 Å². The van der Waals surface area contributed by atoms with Crippen molar-refractivity contribution in [2.45, 2.75) is 19.4 Å². The van der Waals surface area contributed by atoms with Crippen molar-refractivity contribution in [3.05, 3.63) is 77.2 Å². The van der Waals surface area contributed by atoms with Crippen LogP contribution in [0.4, 0.5) is 10.5 Å². The van der Waals surface area contributed by atoms with E-state index in [9.17, 15) is 9.59 Å². The van der Waals surface area contributed by atoms with Crippen LogP contribution in [0.3, 0.4) is 0 Å². The van der Waals surface area contributed by atoms with E-state index in [0.29, 0.717) is 24.5 Å². The number of carbonyl (C=O) groups is 2. The van der Waals surface area contributed by atoms with Crippen LogP contribution in [0, 0.1) is 5.92 Å². The van der Waals surface area contributed by atoms with Crippen LogP contribution in [0.1, 0.15) is 28.1 Å². The Kier molecular flexibility index (Phi) is 7.62. The third kappa shape index (κ3) is 5.93. The lowest BCUT2D eigenvalue weighted by Gasteiger charge is -2.32. The highest BCUT2D eigenvalue weighted by Gasteiger charge is 2.25. The molecule has 2 heterocycles. The molecular formula is C26H28N2O4S. The maximum atomic E-state index is 12.6. The van der Waals surface area contributed by atoms with Crippen LogP contribution in [0.5, 0.6) is 0 Å². The average Bonchev–Trinajstić information content (AvgIpc) is 3.31. The first kappa shape index (κ1) is 22.9. The molecule has 1 aliphatic heterocycles. The molecule has 1 aliphatic rings. The lowest BCUT2D eigenvalue weighted by atomic mass is 9.98. The Labute approximate surface area is 198 Å². The first-order valence-electron chi connectivity index (χ1n) is 11.1. The molecular weight excluding hydrogens is 436 g/mol. The van der Waals surface area contributed by atoms with Gasteiger partial charge in [-0.15, -0.1) is 11.3 Å². The Morgan fingerprint density at radius 1 is 1.09 bits per heavy atom. The minimum Gasteiger partial charge on any atom is -0.465 e. The third-order valence-electron chi connectivity index (χ3n) is 5.72. The largest absolute Gasteiger partial charge is 0.465 e. The molecule has 4 rings (SSSR count). The van der Waals surface area contributed by atoms with E-state index in [0.717, 1.165) is 34.5 Å². The predicted octanol–water partition coefficient (Wildman–Crippen LogP) is 5.66. The number of benzene rings is 2. The predicted molar refractivity (Wildman–Crippen MR) is 131 cm³/mol. The number of piperidine rings is 1. The van der Waals surface area contributed by atoms with Gasteiger partial charge < -0.3 is 19.7 Å². The number of esters is 1. The molecule has 0 saturated carbocycles. The van der Waals surface area contributed by atoms with Gasteiger partial charge in [-0.2, -0.15) is 0 Å². The molecule has 6 nitrogen and oxygen atoms in total. The summed E-state index contributed by atoms with van der Waals surface area (Å²) in [5.74, 6) is -0.0759. The molecule has 0 radical (unpaired) electrons. The number of methoxy groups -OCH3 is 1. The maximum absolute atomic E-state index is 12.6. The minimum atomic E-state index is -0.348. The number of thiophene rings is 1. The van der Waals surface area contributed by atoms with Crippen molar-refractivity contribution in [3.8, 4) is 10.4 Å². The van der Waals surface area contributed by atoms with Gasteiger partial charge in [0.15, 0.2) is 0 Å². The van der Waals surface area contributed by atoms with Crippen molar-refractivity contribution in [1.82, 2.24) is 4.90 Å². The number of nitrogens with zero attached hydrogens (tertiary/aromatic N) is 1. The molecule has 3 aromatic rings. The van der Waals surface area contributed by atoms with Crippen molar-refractivity contribution >= 4 is 29.1 Å². The van der Waals surface area contributed by atoms with Gasteiger partial charge in [-0.1, -0.05) is 60.7 Å². The fourth-order valence-electron chi connectivity index (χ4n) is 3.97. The van der Waals surface area contributed by atoms with E-state index in [1.54, 1.807) is 4.90 Å². The van der Waals surface area contributed by atoms with Gasteiger partial charge in [-0.05, 0) is 36.0 Å². The van der Waals surface area contributed by atoms with E-state index < -0.39 is 0 Å². The standard InChI is InChI=1S/C26H28N2O4S/c1-31-25(29)24-22(15-23(33-24)21-12-6-3-7-13-21)27-16-20-11-8-14-28(17-20)26(30)32-18-19-9-4-2-5-10-19/h2-7,9-10,12-13,15,20,27H,8,11,14,16-18H2,1H3. The van der Waals surface area contributed by atoms with Crippen LogP contribution < -0.4 is 5.32 Å². The van der Waals surface area contributed by atoms with E-state index in [1.807, 2.05) is 66.7 Å². The summed E-state index contributed by atoms with van der Waals surface area (Å²) in [5, 5.41) is 3.44. The fourth-order valence-corrected chi connectivity index (χ4v) is 5.03. The van der Waals surface area contributed by atoms with E-state index >= 15 is 0 Å². The van der Waals surface area contributed by atoms with Crippen LogP contribution in [0.15, 0.2) is 66.7 Å². The molecule has 0 aliphatic carbocycles. The topological polar surface area (TPSA) is 67.9 Å². The van der Waals surface area contributed by atoms with Gasteiger partial charge in [0.1, 0.15) is 11.5 Å². The molecule has 2 aromatic carbocycles. The molecule has 0 bridgehead atoms. The second-order valence-electron chi connectivity index (χ2n) is 8.09. The van der Waals surface area contributed by atoms with Gasteiger partial charge in [0.25, 0.3) is 0 Å². The number of amides is 1. The second-order valence-corrected chi connectivity index (χ2v) is 9.14. The fraction of sp³-hybridized carbons (Fsp3) is 0.308. The van der Waals surface area contributed by atoms with E-state index in [4.69, 9.17) is 9.47 Å². The molecule has 1 fully saturated rings. The zero-order chi connectivity index (χ0) is 23.0. The number of hydrogen-bond acceptors (Lipinski definition) is 6. The number of anilines is 1. The Morgan fingerprint density at radius 3 is 2.55 bits per heavy atom. The summed E-state index contributed by atoms with van der Waals surface area (Å²) in [5.41, 5.74) is 2.81. The smallest absolute Gasteiger partial charge is 0.410 e. The summed E-state index contributed by atoms with van der Waals surface area (Å²) in [7, 11) is 1.40. The summed E-state index contributed by atoms with van der Waals surface area (Å²) in [4.78, 5) is 28.2. The highest BCUT2D eigenvalue weighted by Crippen LogP contribution is 2.35. The lowest BCUT2D eigenvalue weighted by Crippen LogP contribution is -2.42. The molecule has 172 valence electrons. The number of likely N-dealkylation sites (tertiary alicyclic amines) is 1. The molecule has 1 atom stereocenters. The molecule has 1 unspecified atom stereocenters. The molecule has 1 saturated heterocycles. The van der Waals surface area contributed by atoms with Gasteiger partial charge in [0.05, 0.1) is 12.8 Å². The lowest BCUT2D eigenvalue weighted by molar-refractivity contribution is 0.0607. The zero-order valence-corrected chi connectivity index (χ0v) is 19.5. The zero-order valence-electron chi connectivity index (χ0n) is 18.7. The van der Waals surface area contributed by atoms with E-state index in [-0.39, 0.29) is 24.6 Å². The number of rotatable bonds is 7. The summed E-state index contributed by atoms with van der Waals surface area (Å²) >= 11 is 1.42. The van der Waals surface area contributed by atoms with Gasteiger partial charge in [0, 0.05) is 24.5 Å². The van der Waals surface area contributed by atoms with Gasteiger partial charge in [-0.25, -0.2) is 9.59 Å². The van der Waals surface area contributed by atoms with Crippen LogP contribution in [0.25, 0.3) is 10.4 Å². The maximum Gasteiger partial charge on any atom is 0.410 e. The van der Waals surface area contributed by atoms with Gasteiger partial charge >= 0.3 is 12.1 Å². The molecule has 1 N–H and O–H groups in total. The number of nitrogens with one attached hydrogen (secondary N) is 1. The minimum absolute atomic E-state index is 0.272. The molecule has 1 aromatic heterocycles. The molecule has 0 spiro atoms. The Hall–Kier alpha value is -3.32. The van der Waals surface area contributed by atoms with Gasteiger partial charge in [-0.3, -0.25) is 0 Å². The summed E-state index contributed by atoms with van der Waals surface area (Å²) in [6.45, 7) is 2.27. The summed E-state index contributed by atoms with van der Waals surface area (Å²) in [6, 6.07) is 21.7. The first-order chi connectivity index (χ1) is 16.1. The highest BCUT2D eigenvalue weighted by molar-refractivity contribution is 7.18. The SMILES string of the molecule is COC(=O)c1sc(-c2ccccc2)cc1NCC1CCCN(C(=O)OCc2ccccc2)C1. The van der Waals surface area contributed by atoms with E-state index in [1.165, 1.54) is 18.4 Å². The summed E-state index contributed by atoms with van der Waals surface area (Å²) < 4.78 is 10.5. The number of ether oxygens (including phenoxy) is 2. The third-order valence-corrected chi connectivity index (χ3v) is 6.89. The van der Waals surface area contributed by atoms with Gasteiger partial charge in [0.2, 0.25) is 0 Å². The number of hydrogen-bond donors (Lipinski definition) is 1. The summed E-state index contributed by atoms with van der Waals surface area (Å²) in [6.07, 6.45) is 1.66. The Balaban J connectivity index is 1.36. The van der Waals surface area contributed by atoms with Crippen LogP contribution in [-0.4, -0.2) is 43.7 Å². The Morgan fingerprint density at radius 2 is 1.82 bits per heavy atom. The average molecular weight is 465 g/mol. The quantitative estimate of drug-likeness (QED) is 0.457.